The van der Waals surface area contributed by atoms with E-state index in [2.05, 4.69) is 44.9 Å². The summed E-state index contributed by atoms with van der Waals surface area (Å²) in [6.07, 6.45) is 6.84. The van der Waals surface area contributed by atoms with Gasteiger partial charge in [0.1, 0.15) is 0 Å². The van der Waals surface area contributed by atoms with Crippen LogP contribution >= 0.6 is 0 Å². The van der Waals surface area contributed by atoms with E-state index in [4.69, 9.17) is 0 Å². The van der Waals surface area contributed by atoms with Crippen molar-refractivity contribution >= 4 is 0 Å². The molecule has 1 unspecified atom stereocenters. The average Bonchev–Trinajstić information content (AvgIpc) is 2.09. The topological polar surface area (TPSA) is 3.24 Å². The Bertz CT molecular complexity index is 225. The fourth-order valence-electron chi connectivity index (χ4n) is 2.15. The van der Waals surface area contributed by atoms with E-state index in [1.807, 2.05) is 0 Å². The van der Waals surface area contributed by atoms with Gasteiger partial charge in [-0.25, -0.2) is 0 Å². The Kier molecular flexibility index (Phi) is 3.58. The molecule has 0 saturated heterocycles. The Morgan fingerprint density at radius 2 is 2.23 bits per heavy atom. The first kappa shape index (κ1) is 10.4. The maximum Gasteiger partial charge on any atom is 0.0352 e. The van der Waals surface area contributed by atoms with E-state index in [0.29, 0.717) is 0 Å². The lowest BCUT2D eigenvalue weighted by atomic mass is 9.92. The molecule has 0 saturated carbocycles. The zero-order valence-corrected chi connectivity index (χ0v) is 9.30. The van der Waals surface area contributed by atoms with Gasteiger partial charge in [0, 0.05) is 19.3 Å². The lowest BCUT2D eigenvalue weighted by molar-refractivity contribution is 0.319. The van der Waals surface area contributed by atoms with Gasteiger partial charge in [-0.2, -0.15) is 0 Å². The highest BCUT2D eigenvalue weighted by Gasteiger charge is 2.18. The highest BCUT2D eigenvalue weighted by Crippen LogP contribution is 2.27. The number of rotatable bonds is 2. The fourth-order valence-corrected chi connectivity index (χ4v) is 2.15. The van der Waals surface area contributed by atoms with Crippen LogP contribution in [0.2, 0.25) is 0 Å². The van der Waals surface area contributed by atoms with Crippen molar-refractivity contribution in [1.29, 1.82) is 0 Å². The van der Waals surface area contributed by atoms with E-state index in [9.17, 15) is 0 Å². The van der Waals surface area contributed by atoms with Gasteiger partial charge >= 0.3 is 0 Å². The molecule has 0 N–H and O–H groups in total. The van der Waals surface area contributed by atoms with Crippen molar-refractivity contribution in [3.63, 3.8) is 0 Å². The second kappa shape index (κ2) is 4.50. The quantitative estimate of drug-likeness (QED) is 0.629. The summed E-state index contributed by atoms with van der Waals surface area (Å²) in [6.45, 7) is 7.87. The summed E-state index contributed by atoms with van der Waals surface area (Å²) in [5, 5.41) is 0. The highest BCUT2D eigenvalue weighted by molar-refractivity contribution is 5.26. The third kappa shape index (κ3) is 2.36. The van der Waals surface area contributed by atoms with Crippen LogP contribution in [0.15, 0.2) is 23.4 Å². The third-order valence-corrected chi connectivity index (χ3v) is 2.71. The summed E-state index contributed by atoms with van der Waals surface area (Å²) in [6, 6.07) is 0. The molecule has 0 aromatic heterocycles. The molecule has 74 valence electrons. The molecule has 0 aliphatic carbocycles. The monoisotopic (exact) mass is 179 g/mol. The maximum atomic E-state index is 2.38. The highest BCUT2D eigenvalue weighted by atomic mass is 15.1. The van der Waals surface area contributed by atoms with Gasteiger partial charge in [0.15, 0.2) is 0 Å². The number of hydrogen-bond donors (Lipinski definition) is 0. The summed E-state index contributed by atoms with van der Waals surface area (Å²) in [5.74, 6) is 0.814. The van der Waals surface area contributed by atoms with Gasteiger partial charge < -0.3 is 4.90 Å². The number of nitrogens with zero attached hydrogens (tertiary/aromatic N) is 1. The summed E-state index contributed by atoms with van der Waals surface area (Å²) in [7, 11) is 2.20. The number of allylic oxidation sites excluding steroid dienone is 3. The molecule has 0 amide bonds. The van der Waals surface area contributed by atoms with Crippen molar-refractivity contribution < 1.29 is 0 Å². The molecule has 0 aromatic rings. The SMILES string of the molecule is C/C=C\C1=C(CC)CC(C)CN1C. The molecule has 1 heteroatoms. The zero-order chi connectivity index (χ0) is 9.84. The minimum Gasteiger partial charge on any atom is -0.374 e. The van der Waals surface area contributed by atoms with Crippen LogP contribution in [0.5, 0.6) is 0 Å². The van der Waals surface area contributed by atoms with Crippen LogP contribution < -0.4 is 0 Å². The van der Waals surface area contributed by atoms with Crippen LogP contribution in [-0.4, -0.2) is 18.5 Å². The molecule has 0 spiro atoms. The van der Waals surface area contributed by atoms with Gasteiger partial charge in [0.25, 0.3) is 0 Å². The minimum atomic E-state index is 0.814. The molecule has 1 heterocycles. The van der Waals surface area contributed by atoms with Crippen molar-refractivity contribution in [3.8, 4) is 0 Å². The summed E-state index contributed by atoms with van der Waals surface area (Å²) < 4.78 is 0. The fraction of sp³-hybridized carbons (Fsp3) is 0.667. The first-order chi connectivity index (χ1) is 6.19. The molecule has 1 aliphatic heterocycles. The number of hydrogen-bond acceptors (Lipinski definition) is 1. The lowest BCUT2D eigenvalue weighted by Gasteiger charge is -2.32. The zero-order valence-electron chi connectivity index (χ0n) is 9.30. The average molecular weight is 179 g/mol. The second-order valence-corrected chi connectivity index (χ2v) is 4.03. The molecule has 13 heavy (non-hydrogen) atoms. The van der Waals surface area contributed by atoms with Gasteiger partial charge in [-0.3, -0.25) is 0 Å². The summed E-state index contributed by atoms with van der Waals surface area (Å²) in [4.78, 5) is 2.38. The van der Waals surface area contributed by atoms with Crippen LogP contribution in [-0.2, 0) is 0 Å². The van der Waals surface area contributed by atoms with E-state index in [0.717, 1.165) is 5.92 Å². The Balaban J connectivity index is 2.91. The Hall–Kier alpha value is -0.720. The van der Waals surface area contributed by atoms with Crippen LogP contribution in [0.25, 0.3) is 0 Å². The van der Waals surface area contributed by atoms with Crippen molar-refractivity contribution in [2.45, 2.75) is 33.6 Å². The molecule has 0 fully saturated rings. The summed E-state index contributed by atoms with van der Waals surface area (Å²) >= 11 is 0. The van der Waals surface area contributed by atoms with Crippen LogP contribution in [0.3, 0.4) is 0 Å². The lowest BCUT2D eigenvalue weighted by Crippen LogP contribution is -2.29. The predicted molar refractivity (Wildman–Crippen MR) is 58.5 cm³/mol. The van der Waals surface area contributed by atoms with Gasteiger partial charge in [0.05, 0.1) is 0 Å². The third-order valence-electron chi connectivity index (χ3n) is 2.71. The van der Waals surface area contributed by atoms with Gasteiger partial charge in [-0.05, 0) is 37.3 Å². The van der Waals surface area contributed by atoms with E-state index in [1.165, 1.54) is 25.1 Å². The van der Waals surface area contributed by atoms with Crippen LogP contribution in [0, 0.1) is 5.92 Å². The predicted octanol–water partition coefficient (Wildman–Crippen LogP) is 3.20. The smallest absolute Gasteiger partial charge is 0.0352 e. The molecule has 0 aromatic carbocycles. The first-order valence-electron chi connectivity index (χ1n) is 5.24. The molecule has 1 nitrogen and oxygen atoms in total. The second-order valence-electron chi connectivity index (χ2n) is 4.03. The van der Waals surface area contributed by atoms with Crippen molar-refractivity contribution in [1.82, 2.24) is 4.90 Å². The van der Waals surface area contributed by atoms with E-state index in [1.54, 1.807) is 5.57 Å². The van der Waals surface area contributed by atoms with Gasteiger partial charge in [0.2, 0.25) is 0 Å². The molecule has 1 atom stereocenters. The van der Waals surface area contributed by atoms with Crippen molar-refractivity contribution in [3.05, 3.63) is 23.4 Å². The summed E-state index contributed by atoms with van der Waals surface area (Å²) in [5.41, 5.74) is 3.06. The molecular weight excluding hydrogens is 158 g/mol. The standard InChI is InChI=1S/C12H21N/c1-5-7-12-11(6-2)8-10(3)9-13(12)4/h5,7,10H,6,8-9H2,1-4H3/b7-5-. The Morgan fingerprint density at radius 3 is 2.77 bits per heavy atom. The van der Waals surface area contributed by atoms with Crippen molar-refractivity contribution in [2.24, 2.45) is 5.92 Å². The van der Waals surface area contributed by atoms with E-state index >= 15 is 0 Å². The Labute approximate surface area is 82.1 Å². The normalized spacial score (nSPS) is 24.6. The minimum absolute atomic E-state index is 0.814. The largest absolute Gasteiger partial charge is 0.374 e. The van der Waals surface area contributed by atoms with Crippen molar-refractivity contribution in [2.75, 3.05) is 13.6 Å². The van der Waals surface area contributed by atoms with Crippen LogP contribution in [0.1, 0.15) is 33.6 Å². The number of likely N-dealkylation sites (N-methyl/N-ethyl adjacent to an activating group) is 1. The first-order valence-corrected chi connectivity index (χ1v) is 5.24. The van der Waals surface area contributed by atoms with Gasteiger partial charge in [-0.1, -0.05) is 19.9 Å². The molecule has 1 aliphatic rings. The molecule has 1 rings (SSSR count). The molecule has 0 bridgehead atoms. The Morgan fingerprint density at radius 1 is 1.54 bits per heavy atom. The van der Waals surface area contributed by atoms with Crippen LogP contribution in [0.4, 0.5) is 0 Å². The van der Waals surface area contributed by atoms with E-state index in [-0.39, 0.29) is 0 Å². The molecular formula is C12H21N. The molecule has 0 radical (unpaired) electrons. The van der Waals surface area contributed by atoms with Gasteiger partial charge in [-0.15, -0.1) is 0 Å². The van der Waals surface area contributed by atoms with E-state index < -0.39 is 0 Å². The maximum absolute atomic E-state index is 2.38.